The zero-order valence-corrected chi connectivity index (χ0v) is 12.1. The zero-order valence-electron chi connectivity index (χ0n) is 11.3. The first-order chi connectivity index (χ1) is 9.85. The Labute approximate surface area is 123 Å². The van der Waals surface area contributed by atoms with Crippen LogP contribution in [0.25, 0.3) is 0 Å². The monoisotopic (exact) mass is 354 g/mol. The van der Waals surface area contributed by atoms with Crippen molar-refractivity contribution in [3.05, 3.63) is 0 Å². The summed E-state index contributed by atoms with van der Waals surface area (Å²) in [5.74, 6) is -1.85. The van der Waals surface area contributed by atoms with E-state index < -0.39 is 40.0 Å². The van der Waals surface area contributed by atoms with Crippen LogP contribution in [0.1, 0.15) is 38.5 Å². The largest absolute Gasteiger partial charge is 0.445 e. The van der Waals surface area contributed by atoms with Crippen molar-refractivity contribution in [3.8, 4) is 0 Å². The van der Waals surface area contributed by atoms with Crippen LogP contribution < -0.4 is 0 Å². The van der Waals surface area contributed by atoms with Crippen molar-refractivity contribution in [1.29, 1.82) is 0 Å². The number of halogens is 5. The summed E-state index contributed by atoms with van der Waals surface area (Å²) in [5.41, 5.74) is 0. The summed E-state index contributed by atoms with van der Waals surface area (Å²) in [6.45, 7) is 0. The Morgan fingerprint density at radius 3 is 2.05 bits per heavy atom. The quantitative estimate of drug-likeness (QED) is 0.466. The highest BCUT2D eigenvalue weighted by atomic mass is 32.2. The molecule has 0 heterocycles. The second-order valence-corrected chi connectivity index (χ2v) is 6.65. The molecule has 0 spiro atoms. The maximum Gasteiger partial charge on any atom is 0.432 e. The fourth-order valence-electron chi connectivity index (χ4n) is 2.27. The topological polar surface area (TPSA) is 80.7 Å². The first kappa shape index (κ1) is 19.1. The van der Waals surface area contributed by atoms with Gasteiger partial charge in [-0.2, -0.15) is 30.4 Å². The van der Waals surface area contributed by atoms with Crippen LogP contribution in [-0.4, -0.2) is 36.5 Å². The third-order valence-electron chi connectivity index (χ3n) is 3.38. The standard InChI is InChI=1S/C11H15F5O5S/c12-10(13,14)9(11(15,16)22(18,19)20)21-8(17)6-7-4-2-1-3-5-7/h7,9H,1-6H2,(H,18,19,20). The summed E-state index contributed by atoms with van der Waals surface area (Å²) in [6, 6.07) is 0. The van der Waals surface area contributed by atoms with Gasteiger partial charge in [0.05, 0.1) is 0 Å². The van der Waals surface area contributed by atoms with Crippen LogP contribution in [0, 0.1) is 5.92 Å². The Hall–Kier alpha value is -0.970. The number of ether oxygens (including phenoxy) is 1. The SMILES string of the molecule is O=C(CC1CCCCC1)OC(C(F)(F)F)C(F)(F)S(=O)(=O)O. The van der Waals surface area contributed by atoms with Crippen LogP contribution in [0.4, 0.5) is 22.0 Å². The number of rotatable bonds is 5. The highest BCUT2D eigenvalue weighted by molar-refractivity contribution is 7.86. The van der Waals surface area contributed by atoms with Gasteiger partial charge in [0.1, 0.15) is 0 Å². The van der Waals surface area contributed by atoms with Crippen molar-refractivity contribution in [2.24, 2.45) is 5.92 Å². The summed E-state index contributed by atoms with van der Waals surface area (Å²) >= 11 is 0. The summed E-state index contributed by atoms with van der Waals surface area (Å²) in [4.78, 5) is 11.4. The molecule has 1 saturated carbocycles. The van der Waals surface area contributed by atoms with Crippen molar-refractivity contribution >= 4 is 16.1 Å². The van der Waals surface area contributed by atoms with E-state index in [-0.39, 0.29) is 5.92 Å². The van der Waals surface area contributed by atoms with Gasteiger partial charge < -0.3 is 4.74 Å². The van der Waals surface area contributed by atoms with E-state index in [4.69, 9.17) is 4.55 Å². The Bertz CT molecular complexity index is 495. The third kappa shape index (κ3) is 4.77. The van der Waals surface area contributed by atoms with Crippen LogP contribution >= 0.6 is 0 Å². The molecule has 22 heavy (non-hydrogen) atoms. The lowest BCUT2D eigenvalue weighted by Gasteiger charge is -2.27. The third-order valence-corrected chi connectivity index (χ3v) is 4.28. The molecule has 0 aromatic carbocycles. The highest BCUT2D eigenvalue weighted by Crippen LogP contribution is 2.38. The Morgan fingerprint density at radius 1 is 1.14 bits per heavy atom. The summed E-state index contributed by atoms with van der Waals surface area (Å²) in [6.07, 6.45) is -7.04. The first-order valence-electron chi connectivity index (χ1n) is 6.46. The van der Waals surface area contributed by atoms with E-state index in [1.54, 1.807) is 0 Å². The summed E-state index contributed by atoms with van der Waals surface area (Å²) < 4.78 is 96.8. The molecule has 0 radical (unpaired) electrons. The molecule has 0 aromatic rings. The first-order valence-corrected chi connectivity index (χ1v) is 7.90. The molecule has 11 heteroatoms. The van der Waals surface area contributed by atoms with Gasteiger partial charge >= 0.3 is 27.5 Å². The number of hydrogen-bond acceptors (Lipinski definition) is 4. The van der Waals surface area contributed by atoms with E-state index in [0.717, 1.165) is 19.3 Å². The Morgan fingerprint density at radius 2 is 1.64 bits per heavy atom. The fraction of sp³-hybridized carbons (Fsp3) is 0.909. The van der Waals surface area contributed by atoms with Gasteiger partial charge in [-0.3, -0.25) is 9.35 Å². The van der Waals surface area contributed by atoms with Gasteiger partial charge in [0, 0.05) is 6.42 Å². The summed E-state index contributed by atoms with van der Waals surface area (Å²) in [5, 5.41) is -5.67. The Kier molecular flexibility index (Phi) is 5.77. The number of hydrogen-bond donors (Lipinski definition) is 1. The Balaban J connectivity index is 2.84. The van der Waals surface area contributed by atoms with Gasteiger partial charge in [0.25, 0.3) is 6.10 Å². The molecule has 0 saturated heterocycles. The second kappa shape index (κ2) is 6.65. The molecule has 0 amide bonds. The van der Waals surface area contributed by atoms with Crippen LogP contribution in [0.3, 0.4) is 0 Å². The molecule has 1 rings (SSSR count). The summed E-state index contributed by atoms with van der Waals surface area (Å²) in [7, 11) is -6.39. The van der Waals surface area contributed by atoms with E-state index in [1.165, 1.54) is 0 Å². The minimum absolute atomic E-state index is 0.283. The molecule has 130 valence electrons. The van der Waals surface area contributed by atoms with E-state index in [2.05, 4.69) is 4.74 Å². The molecule has 0 aliphatic heterocycles. The molecule has 1 aliphatic rings. The molecule has 0 bridgehead atoms. The highest BCUT2D eigenvalue weighted by Gasteiger charge is 2.66. The van der Waals surface area contributed by atoms with Gasteiger partial charge in [-0.05, 0) is 18.8 Å². The minimum atomic E-state index is -6.39. The normalized spacial score (nSPS) is 19.7. The van der Waals surface area contributed by atoms with Gasteiger partial charge in [-0.15, -0.1) is 0 Å². The van der Waals surface area contributed by atoms with Crippen LogP contribution in [0.5, 0.6) is 0 Å². The van der Waals surface area contributed by atoms with Crippen molar-refractivity contribution in [3.63, 3.8) is 0 Å². The van der Waals surface area contributed by atoms with Gasteiger partial charge in [0.15, 0.2) is 0 Å². The molecule has 1 unspecified atom stereocenters. The van der Waals surface area contributed by atoms with E-state index in [9.17, 15) is 35.2 Å². The second-order valence-electron chi connectivity index (χ2n) is 5.16. The maximum atomic E-state index is 13.2. The molecule has 5 nitrogen and oxygen atoms in total. The molecule has 1 aliphatic carbocycles. The van der Waals surface area contributed by atoms with E-state index in [0.29, 0.717) is 12.8 Å². The van der Waals surface area contributed by atoms with Crippen molar-refractivity contribution in [1.82, 2.24) is 0 Å². The zero-order chi connectivity index (χ0) is 17.2. The predicted molar refractivity (Wildman–Crippen MR) is 63.6 cm³/mol. The molecule has 1 fully saturated rings. The van der Waals surface area contributed by atoms with Crippen molar-refractivity contribution in [2.75, 3.05) is 0 Å². The molecular formula is C11H15F5O5S. The van der Waals surface area contributed by atoms with Gasteiger partial charge in [0.2, 0.25) is 0 Å². The predicted octanol–water partition coefficient (Wildman–Crippen LogP) is 2.91. The minimum Gasteiger partial charge on any atom is -0.445 e. The molecular weight excluding hydrogens is 339 g/mol. The number of alkyl halides is 5. The lowest BCUT2D eigenvalue weighted by Crippen LogP contribution is -2.52. The number of carbonyl (C=O) groups is 1. The van der Waals surface area contributed by atoms with Gasteiger partial charge in [-0.1, -0.05) is 19.3 Å². The van der Waals surface area contributed by atoms with E-state index in [1.807, 2.05) is 0 Å². The lowest BCUT2D eigenvalue weighted by molar-refractivity contribution is -0.259. The van der Waals surface area contributed by atoms with Gasteiger partial charge in [-0.25, -0.2) is 0 Å². The molecule has 1 atom stereocenters. The average molecular weight is 354 g/mol. The van der Waals surface area contributed by atoms with Crippen molar-refractivity contribution < 1.29 is 44.5 Å². The van der Waals surface area contributed by atoms with Crippen LogP contribution in [-0.2, 0) is 19.6 Å². The average Bonchev–Trinajstić information content (AvgIpc) is 2.34. The van der Waals surface area contributed by atoms with Crippen molar-refractivity contribution in [2.45, 2.75) is 56.1 Å². The van der Waals surface area contributed by atoms with Crippen LogP contribution in [0.2, 0.25) is 0 Å². The smallest absolute Gasteiger partial charge is 0.432 e. The van der Waals surface area contributed by atoms with Crippen LogP contribution in [0.15, 0.2) is 0 Å². The fourth-order valence-corrected chi connectivity index (χ4v) is 2.72. The maximum absolute atomic E-state index is 13.2. The molecule has 1 N–H and O–H groups in total. The lowest BCUT2D eigenvalue weighted by atomic mass is 9.87. The number of esters is 1. The molecule has 0 aromatic heterocycles. The number of carbonyl (C=O) groups excluding carboxylic acids is 1. The van der Waals surface area contributed by atoms with E-state index >= 15 is 0 Å².